The molecule has 1 N–H and O–H groups in total. The number of benzene rings is 1. The zero-order chi connectivity index (χ0) is 15.2. The smallest absolute Gasteiger partial charge is 0.220 e. The lowest BCUT2D eigenvalue weighted by atomic mass is 9.98. The summed E-state index contributed by atoms with van der Waals surface area (Å²) in [6.07, 6.45) is 2.70. The Morgan fingerprint density at radius 3 is 3.00 bits per heavy atom. The summed E-state index contributed by atoms with van der Waals surface area (Å²) in [7, 11) is 0. The number of hydrogen-bond acceptors (Lipinski definition) is 4. The minimum absolute atomic E-state index is 0.0898. The number of ether oxygens (including phenoxy) is 1. The monoisotopic (exact) mass is 316 g/mol. The summed E-state index contributed by atoms with van der Waals surface area (Å²) >= 11 is 1.58. The van der Waals surface area contributed by atoms with Crippen LogP contribution in [0, 0.1) is 5.92 Å². The van der Waals surface area contributed by atoms with Gasteiger partial charge in [0.1, 0.15) is 5.01 Å². The molecule has 0 aliphatic carbocycles. The van der Waals surface area contributed by atoms with Gasteiger partial charge in [0, 0.05) is 30.6 Å². The van der Waals surface area contributed by atoms with Gasteiger partial charge >= 0.3 is 0 Å². The van der Waals surface area contributed by atoms with Gasteiger partial charge in [0.15, 0.2) is 0 Å². The van der Waals surface area contributed by atoms with Crippen molar-refractivity contribution in [2.45, 2.75) is 25.8 Å². The summed E-state index contributed by atoms with van der Waals surface area (Å²) in [6, 6.07) is 10.1. The molecular formula is C17H20N2O2S. The van der Waals surface area contributed by atoms with Crippen molar-refractivity contribution in [2.24, 2.45) is 5.92 Å². The Hall–Kier alpha value is -1.72. The highest BCUT2D eigenvalue weighted by Gasteiger charge is 2.17. The summed E-state index contributed by atoms with van der Waals surface area (Å²) in [4.78, 5) is 16.5. The summed E-state index contributed by atoms with van der Waals surface area (Å²) in [6.45, 7) is 2.05. The van der Waals surface area contributed by atoms with E-state index in [9.17, 15) is 4.79 Å². The van der Waals surface area contributed by atoms with E-state index in [4.69, 9.17) is 4.74 Å². The SMILES string of the molecule is O=C(C[C@H]1CCCOC1)NCc1nc(-c2ccccc2)cs1. The average Bonchev–Trinajstić information content (AvgIpc) is 3.04. The van der Waals surface area contributed by atoms with Gasteiger partial charge in [-0.05, 0) is 18.8 Å². The molecule has 5 heteroatoms. The molecule has 1 saturated heterocycles. The maximum absolute atomic E-state index is 12.0. The molecule has 2 aromatic rings. The molecule has 1 aromatic carbocycles. The largest absolute Gasteiger partial charge is 0.381 e. The zero-order valence-electron chi connectivity index (χ0n) is 12.5. The Balaban J connectivity index is 1.49. The lowest BCUT2D eigenvalue weighted by Crippen LogP contribution is -2.28. The van der Waals surface area contributed by atoms with E-state index in [0.717, 1.165) is 35.7 Å². The first-order chi connectivity index (χ1) is 10.8. The minimum Gasteiger partial charge on any atom is -0.381 e. The van der Waals surface area contributed by atoms with Gasteiger partial charge in [-0.15, -0.1) is 11.3 Å². The molecule has 2 heterocycles. The quantitative estimate of drug-likeness (QED) is 0.921. The molecule has 1 aromatic heterocycles. The molecule has 0 spiro atoms. The number of carbonyl (C=O) groups is 1. The van der Waals surface area contributed by atoms with E-state index in [-0.39, 0.29) is 5.91 Å². The van der Waals surface area contributed by atoms with Gasteiger partial charge in [0.25, 0.3) is 0 Å². The zero-order valence-corrected chi connectivity index (χ0v) is 13.3. The van der Waals surface area contributed by atoms with Gasteiger partial charge in [-0.2, -0.15) is 0 Å². The van der Waals surface area contributed by atoms with Gasteiger partial charge in [-0.1, -0.05) is 30.3 Å². The molecule has 1 amide bonds. The predicted molar refractivity (Wildman–Crippen MR) is 87.6 cm³/mol. The van der Waals surface area contributed by atoms with Crippen LogP contribution in [-0.4, -0.2) is 24.1 Å². The number of nitrogens with one attached hydrogen (secondary N) is 1. The summed E-state index contributed by atoms with van der Waals surface area (Å²) in [5.41, 5.74) is 2.08. The Morgan fingerprint density at radius 2 is 2.23 bits per heavy atom. The van der Waals surface area contributed by atoms with Crippen molar-refractivity contribution >= 4 is 17.2 Å². The molecule has 4 nitrogen and oxygen atoms in total. The maximum Gasteiger partial charge on any atom is 0.220 e. The number of nitrogens with zero attached hydrogens (tertiary/aromatic N) is 1. The molecular weight excluding hydrogens is 296 g/mol. The van der Waals surface area contributed by atoms with E-state index >= 15 is 0 Å². The summed E-state index contributed by atoms with van der Waals surface area (Å²) in [5, 5.41) is 5.94. The molecule has 1 atom stereocenters. The standard InChI is InChI=1S/C17H20N2O2S/c20-16(9-13-5-4-8-21-11-13)18-10-17-19-15(12-22-17)14-6-2-1-3-7-14/h1-3,6-7,12-13H,4-5,8-11H2,(H,18,20)/t13-/m1/s1. The molecule has 0 bridgehead atoms. The summed E-state index contributed by atoms with van der Waals surface area (Å²) in [5.74, 6) is 0.455. The van der Waals surface area contributed by atoms with Crippen LogP contribution in [0.2, 0.25) is 0 Å². The first kappa shape index (κ1) is 15.2. The number of rotatable bonds is 5. The average molecular weight is 316 g/mol. The maximum atomic E-state index is 12.0. The number of thiazole rings is 1. The first-order valence-corrected chi connectivity index (χ1v) is 8.53. The van der Waals surface area contributed by atoms with Crippen molar-refractivity contribution in [3.05, 3.63) is 40.7 Å². The van der Waals surface area contributed by atoms with Crippen molar-refractivity contribution < 1.29 is 9.53 Å². The van der Waals surface area contributed by atoms with Crippen LogP contribution in [0.25, 0.3) is 11.3 Å². The molecule has 22 heavy (non-hydrogen) atoms. The molecule has 0 saturated carbocycles. The number of aromatic nitrogens is 1. The van der Waals surface area contributed by atoms with E-state index in [0.29, 0.717) is 25.5 Å². The highest BCUT2D eigenvalue weighted by atomic mass is 32.1. The molecule has 1 fully saturated rings. The van der Waals surface area contributed by atoms with E-state index < -0.39 is 0 Å². The normalized spacial score (nSPS) is 18.1. The third kappa shape index (κ3) is 4.15. The second-order valence-electron chi connectivity index (χ2n) is 5.56. The number of carbonyl (C=O) groups excluding carboxylic acids is 1. The third-order valence-electron chi connectivity index (χ3n) is 3.79. The highest BCUT2D eigenvalue weighted by molar-refractivity contribution is 7.09. The second kappa shape index (κ2) is 7.51. The van der Waals surface area contributed by atoms with Crippen LogP contribution in [0.5, 0.6) is 0 Å². The fourth-order valence-electron chi connectivity index (χ4n) is 2.61. The van der Waals surface area contributed by atoms with Gasteiger partial charge in [-0.3, -0.25) is 4.79 Å². The summed E-state index contributed by atoms with van der Waals surface area (Å²) < 4.78 is 5.41. The van der Waals surface area contributed by atoms with Gasteiger partial charge in [0.2, 0.25) is 5.91 Å². The van der Waals surface area contributed by atoms with Crippen LogP contribution in [0.3, 0.4) is 0 Å². The molecule has 1 aliphatic rings. The topological polar surface area (TPSA) is 51.2 Å². The fraction of sp³-hybridized carbons (Fsp3) is 0.412. The second-order valence-corrected chi connectivity index (χ2v) is 6.50. The van der Waals surface area contributed by atoms with Crippen molar-refractivity contribution in [3.63, 3.8) is 0 Å². The Bertz CT molecular complexity index is 606. The van der Waals surface area contributed by atoms with Crippen LogP contribution in [0.4, 0.5) is 0 Å². The van der Waals surface area contributed by atoms with Crippen LogP contribution in [0.15, 0.2) is 35.7 Å². The predicted octanol–water partition coefficient (Wildman–Crippen LogP) is 3.24. The van der Waals surface area contributed by atoms with Crippen molar-refractivity contribution in [3.8, 4) is 11.3 Å². The molecule has 1 aliphatic heterocycles. The lowest BCUT2D eigenvalue weighted by molar-refractivity contribution is -0.123. The molecule has 3 rings (SSSR count). The van der Waals surface area contributed by atoms with E-state index in [2.05, 4.69) is 10.3 Å². The number of hydrogen-bond donors (Lipinski definition) is 1. The Kier molecular flexibility index (Phi) is 5.19. The van der Waals surface area contributed by atoms with Crippen molar-refractivity contribution in [1.29, 1.82) is 0 Å². The van der Waals surface area contributed by atoms with Crippen molar-refractivity contribution in [2.75, 3.05) is 13.2 Å². The molecule has 116 valence electrons. The highest BCUT2D eigenvalue weighted by Crippen LogP contribution is 2.21. The fourth-order valence-corrected chi connectivity index (χ4v) is 3.35. The van der Waals surface area contributed by atoms with Gasteiger partial charge in [-0.25, -0.2) is 4.98 Å². The van der Waals surface area contributed by atoms with Crippen LogP contribution in [-0.2, 0) is 16.1 Å². The van der Waals surface area contributed by atoms with E-state index in [1.807, 2.05) is 35.7 Å². The van der Waals surface area contributed by atoms with Crippen LogP contribution < -0.4 is 5.32 Å². The van der Waals surface area contributed by atoms with Crippen LogP contribution >= 0.6 is 11.3 Å². The van der Waals surface area contributed by atoms with Crippen LogP contribution in [0.1, 0.15) is 24.3 Å². The van der Waals surface area contributed by atoms with Gasteiger partial charge < -0.3 is 10.1 Å². The third-order valence-corrected chi connectivity index (χ3v) is 4.64. The molecule has 0 unspecified atom stereocenters. The van der Waals surface area contributed by atoms with E-state index in [1.54, 1.807) is 11.3 Å². The number of amides is 1. The Morgan fingerprint density at radius 1 is 1.36 bits per heavy atom. The first-order valence-electron chi connectivity index (χ1n) is 7.65. The lowest BCUT2D eigenvalue weighted by Gasteiger charge is -2.21. The Labute approximate surface area is 134 Å². The minimum atomic E-state index is 0.0898. The van der Waals surface area contributed by atoms with Crippen molar-refractivity contribution in [1.82, 2.24) is 10.3 Å². The van der Waals surface area contributed by atoms with E-state index in [1.165, 1.54) is 0 Å². The van der Waals surface area contributed by atoms with Gasteiger partial charge in [0.05, 0.1) is 12.2 Å². The molecule has 0 radical (unpaired) electrons.